The second-order valence-corrected chi connectivity index (χ2v) is 3.89. The zero-order chi connectivity index (χ0) is 11.5. The van der Waals surface area contributed by atoms with E-state index in [0.29, 0.717) is 6.01 Å². The van der Waals surface area contributed by atoms with E-state index in [4.69, 9.17) is 4.74 Å². The minimum absolute atomic E-state index is 0.383. The molecule has 0 fully saturated rings. The molecule has 0 spiro atoms. The van der Waals surface area contributed by atoms with Crippen LogP contribution in [0.25, 0.3) is 0 Å². The molecule has 1 heterocycles. The Morgan fingerprint density at radius 3 is 2.25 bits per heavy atom. The lowest BCUT2D eigenvalue weighted by molar-refractivity contribution is 0.441. The molecular weight excluding hydrogens is 200 g/mol. The molecule has 2 rings (SSSR count). The van der Waals surface area contributed by atoms with Gasteiger partial charge in [-0.15, -0.1) is 0 Å². The fourth-order valence-electron chi connectivity index (χ4n) is 1.32. The van der Waals surface area contributed by atoms with Crippen LogP contribution in [0.3, 0.4) is 0 Å². The predicted molar refractivity (Wildman–Crippen MR) is 62.8 cm³/mol. The van der Waals surface area contributed by atoms with Crippen LogP contribution in [0.4, 0.5) is 0 Å². The highest BCUT2D eigenvalue weighted by molar-refractivity contribution is 5.35. The molecule has 16 heavy (non-hydrogen) atoms. The van der Waals surface area contributed by atoms with Crippen molar-refractivity contribution in [2.24, 2.45) is 0 Å². The highest BCUT2D eigenvalue weighted by Gasteiger charge is 2.01. The van der Waals surface area contributed by atoms with Gasteiger partial charge in [0.1, 0.15) is 5.75 Å². The number of hydrogen-bond donors (Lipinski definition) is 0. The monoisotopic (exact) mass is 214 g/mol. The molecule has 1 aromatic heterocycles. The standard InChI is InChI=1S/C13H14N2O/c1-9-7-14-13(15-8-9)16-12-5-4-10(2)11(3)6-12/h4-8H,1-3H3. The minimum atomic E-state index is 0.383. The molecular formula is C13H14N2O. The average molecular weight is 214 g/mol. The van der Waals surface area contributed by atoms with Crippen molar-refractivity contribution in [2.75, 3.05) is 0 Å². The van der Waals surface area contributed by atoms with E-state index in [1.807, 2.05) is 25.1 Å². The molecule has 0 amide bonds. The van der Waals surface area contributed by atoms with Gasteiger partial charge in [0.25, 0.3) is 0 Å². The van der Waals surface area contributed by atoms with E-state index in [1.54, 1.807) is 12.4 Å². The normalized spacial score (nSPS) is 10.2. The van der Waals surface area contributed by atoms with E-state index in [0.717, 1.165) is 11.3 Å². The molecule has 0 aliphatic heterocycles. The number of rotatable bonds is 2. The summed E-state index contributed by atoms with van der Waals surface area (Å²) in [5.74, 6) is 0.770. The Morgan fingerprint density at radius 2 is 1.62 bits per heavy atom. The molecule has 1 aromatic carbocycles. The maximum Gasteiger partial charge on any atom is 0.321 e. The van der Waals surface area contributed by atoms with Gasteiger partial charge in [0.15, 0.2) is 0 Å². The topological polar surface area (TPSA) is 35.0 Å². The van der Waals surface area contributed by atoms with Gasteiger partial charge in [0.05, 0.1) is 0 Å². The third-order valence-corrected chi connectivity index (χ3v) is 2.44. The summed E-state index contributed by atoms with van der Waals surface area (Å²) in [4.78, 5) is 8.18. The van der Waals surface area contributed by atoms with Crippen molar-refractivity contribution in [1.82, 2.24) is 9.97 Å². The molecule has 0 radical (unpaired) electrons. The Bertz CT molecular complexity index is 492. The van der Waals surface area contributed by atoms with Crippen molar-refractivity contribution in [2.45, 2.75) is 20.8 Å². The molecule has 3 nitrogen and oxygen atoms in total. The Kier molecular flexibility index (Phi) is 2.86. The van der Waals surface area contributed by atoms with Gasteiger partial charge in [-0.1, -0.05) is 6.07 Å². The van der Waals surface area contributed by atoms with Crippen molar-refractivity contribution in [3.8, 4) is 11.8 Å². The summed E-state index contributed by atoms with van der Waals surface area (Å²) in [5, 5.41) is 0. The SMILES string of the molecule is Cc1cnc(Oc2ccc(C)c(C)c2)nc1. The Balaban J connectivity index is 2.20. The van der Waals surface area contributed by atoms with Gasteiger partial charge in [-0.25, -0.2) is 9.97 Å². The number of ether oxygens (including phenoxy) is 1. The first-order valence-corrected chi connectivity index (χ1v) is 5.19. The summed E-state index contributed by atoms with van der Waals surface area (Å²) in [5.41, 5.74) is 3.47. The second-order valence-electron chi connectivity index (χ2n) is 3.89. The van der Waals surface area contributed by atoms with E-state index in [-0.39, 0.29) is 0 Å². The number of benzene rings is 1. The molecule has 0 bridgehead atoms. The molecule has 0 saturated heterocycles. The van der Waals surface area contributed by atoms with Gasteiger partial charge in [0, 0.05) is 12.4 Å². The van der Waals surface area contributed by atoms with Crippen molar-refractivity contribution in [3.05, 3.63) is 47.3 Å². The first kappa shape index (κ1) is 10.6. The fraction of sp³-hybridized carbons (Fsp3) is 0.231. The summed E-state index contributed by atoms with van der Waals surface area (Å²) in [6.07, 6.45) is 3.48. The summed E-state index contributed by atoms with van der Waals surface area (Å²) >= 11 is 0. The van der Waals surface area contributed by atoms with E-state index >= 15 is 0 Å². The highest BCUT2D eigenvalue weighted by atomic mass is 16.5. The smallest absolute Gasteiger partial charge is 0.321 e. The highest BCUT2D eigenvalue weighted by Crippen LogP contribution is 2.20. The van der Waals surface area contributed by atoms with E-state index in [1.165, 1.54) is 11.1 Å². The minimum Gasteiger partial charge on any atom is -0.424 e. The quantitative estimate of drug-likeness (QED) is 0.770. The van der Waals surface area contributed by atoms with Crippen LogP contribution in [0, 0.1) is 20.8 Å². The summed E-state index contributed by atoms with van der Waals surface area (Å²) in [6.45, 7) is 6.07. The molecule has 0 N–H and O–H groups in total. The molecule has 0 aliphatic rings. The first-order valence-electron chi connectivity index (χ1n) is 5.19. The number of nitrogens with zero attached hydrogens (tertiary/aromatic N) is 2. The van der Waals surface area contributed by atoms with Gasteiger partial charge in [0.2, 0.25) is 0 Å². The molecule has 0 atom stereocenters. The number of aromatic nitrogens is 2. The lowest BCUT2D eigenvalue weighted by Gasteiger charge is -2.06. The first-order chi connectivity index (χ1) is 7.65. The summed E-state index contributed by atoms with van der Waals surface area (Å²) < 4.78 is 5.55. The average Bonchev–Trinajstić information content (AvgIpc) is 2.27. The van der Waals surface area contributed by atoms with Gasteiger partial charge < -0.3 is 4.74 Å². The van der Waals surface area contributed by atoms with E-state index in [2.05, 4.69) is 23.8 Å². The van der Waals surface area contributed by atoms with Gasteiger partial charge in [-0.05, 0) is 49.6 Å². The van der Waals surface area contributed by atoms with Gasteiger partial charge in [-0.3, -0.25) is 0 Å². The predicted octanol–water partition coefficient (Wildman–Crippen LogP) is 3.19. The lowest BCUT2D eigenvalue weighted by atomic mass is 10.1. The van der Waals surface area contributed by atoms with Crippen molar-refractivity contribution < 1.29 is 4.74 Å². The van der Waals surface area contributed by atoms with Crippen LogP contribution in [0.1, 0.15) is 16.7 Å². The number of hydrogen-bond acceptors (Lipinski definition) is 3. The van der Waals surface area contributed by atoms with Crippen LogP contribution >= 0.6 is 0 Å². The van der Waals surface area contributed by atoms with Crippen LogP contribution in [-0.2, 0) is 0 Å². The Labute approximate surface area is 95.1 Å². The second kappa shape index (κ2) is 4.31. The van der Waals surface area contributed by atoms with E-state index in [9.17, 15) is 0 Å². The molecule has 82 valence electrons. The third-order valence-electron chi connectivity index (χ3n) is 2.44. The van der Waals surface area contributed by atoms with Crippen LogP contribution in [0.5, 0.6) is 11.8 Å². The molecule has 3 heteroatoms. The zero-order valence-electron chi connectivity index (χ0n) is 9.69. The summed E-state index contributed by atoms with van der Waals surface area (Å²) in [6, 6.07) is 6.32. The molecule has 2 aromatic rings. The Hall–Kier alpha value is -1.90. The van der Waals surface area contributed by atoms with Gasteiger partial charge >= 0.3 is 6.01 Å². The van der Waals surface area contributed by atoms with E-state index < -0.39 is 0 Å². The maximum atomic E-state index is 5.55. The zero-order valence-corrected chi connectivity index (χ0v) is 9.69. The van der Waals surface area contributed by atoms with Crippen molar-refractivity contribution >= 4 is 0 Å². The lowest BCUT2D eigenvalue weighted by Crippen LogP contribution is -1.92. The van der Waals surface area contributed by atoms with Crippen molar-refractivity contribution in [1.29, 1.82) is 0 Å². The molecule has 0 saturated carbocycles. The maximum absolute atomic E-state index is 5.55. The number of aryl methyl sites for hydroxylation is 3. The molecule has 0 aliphatic carbocycles. The van der Waals surface area contributed by atoms with Crippen LogP contribution in [-0.4, -0.2) is 9.97 Å². The van der Waals surface area contributed by atoms with Crippen LogP contribution in [0.2, 0.25) is 0 Å². The van der Waals surface area contributed by atoms with Crippen LogP contribution < -0.4 is 4.74 Å². The van der Waals surface area contributed by atoms with Crippen LogP contribution in [0.15, 0.2) is 30.6 Å². The largest absolute Gasteiger partial charge is 0.424 e. The van der Waals surface area contributed by atoms with Crippen molar-refractivity contribution in [3.63, 3.8) is 0 Å². The Morgan fingerprint density at radius 1 is 0.938 bits per heavy atom. The fourth-order valence-corrected chi connectivity index (χ4v) is 1.32. The molecule has 0 unspecified atom stereocenters. The van der Waals surface area contributed by atoms with Gasteiger partial charge in [-0.2, -0.15) is 0 Å². The summed E-state index contributed by atoms with van der Waals surface area (Å²) in [7, 11) is 0. The third kappa shape index (κ3) is 2.37.